The van der Waals surface area contributed by atoms with E-state index in [2.05, 4.69) is 32.3 Å². The van der Waals surface area contributed by atoms with Gasteiger partial charge in [0.15, 0.2) is 0 Å². The fraction of sp³-hybridized carbons (Fsp3) is 0.500. The standard InChI is InChI=1S/C18H25N5O2/c1-4-15-16(13(2)25-21-15)18(24)20-12-14-6-5-7-19-17(14)23-10-8-22(3)9-11-23/h5-7H,4,8-12H2,1-3H3,(H,20,24). The lowest BCUT2D eigenvalue weighted by molar-refractivity contribution is 0.0948. The highest BCUT2D eigenvalue weighted by Gasteiger charge is 2.21. The fourth-order valence-corrected chi connectivity index (χ4v) is 3.09. The number of carbonyl (C=O) groups is 1. The zero-order valence-corrected chi connectivity index (χ0v) is 15.1. The van der Waals surface area contributed by atoms with Gasteiger partial charge in [-0.1, -0.05) is 18.1 Å². The molecule has 0 aromatic carbocycles. The first-order valence-corrected chi connectivity index (χ1v) is 8.71. The number of pyridine rings is 1. The van der Waals surface area contributed by atoms with Crippen LogP contribution in [0.3, 0.4) is 0 Å². The Labute approximate surface area is 148 Å². The molecule has 3 rings (SSSR count). The number of piperazine rings is 1. The molecule has 1 saturated heterocycles. The quantitative estimate of drug-likeness (QED) is 0.889. The van der Waals surface area contributed by atoms with Crippen LogP contribution in [-0.2, 0) is 13.0 Å². The Morgan fingerprint density at radius 3 is 2.80 bits per heavy atom. The van der Waals surface area contributed by atoms with E-state index in [0.29, 0.717) is 30.0 Å². The number of carbonyl (C=O) groups excluding carboxylic acids is 1. The smallest absolute Gasteiger partial charge is 0.257 e. The van der Waals surface area contributed by atoms with Crippen molar-refractivity contribution < 1.29 is 9.32 Å². The Balaban J connectivity index is 1.71. The van der Waals surface area contributed by atoms with Crippen molar-refractivity contribution in [2.75, 3.05) is 38.1 Å². The van der Waals surface area contributed by atoms with E-state index in [0.717, 1.165) is 37.6 Å². The number of amides is 1. The van der Waals surface area contributed by atoms with Gasteiger partial charge in [0.25, 0.3) is 5.91 Å². The lowest BCUT2D eigenvalue weighted by Crippen LogP contribution is -2.45. The summed E-state index contributed by atoms with van der Waals surface area (Å²) in [6, 6.07) is 3.92. The Bertz CT molecular complexity index is 735. The lowest BCUT2D eigenvalue weighted by atomic mass is 10.1. The molecule has 7 heteroatoms. The van der Waals surface area contributed by atoms with Crippen LogP contribution in [-0.4, -0.2) is 54.2 Å². The van der Waals surface area contributed by atoms with Crippen LogP contribution in [0.15, 0.2) is 22.9 Å². The third kappa shape index (κ3) is 3.82. The average Bonchev–Trinajstić information content (AvgIpc) is 3.01. The summed E-state index contributed by atoms with van der Waals surface area (Å²) in [5, 5.41) is 6.94. The maximum atomic E-state index is 12.6. The molecule has 1 N–H and O–H groups in total. The van der Waals surface area contributed by atoms with Gasteiger partial charge < -0.3 is 19.6 Å². The van der Waals surface area contributed by atoms with E-state index >= 15 is 0 Å². The Hall–Kier alpha value is -2.41. The van der Waals surface area contributed by atoms with E-state index in [-0.39, 0.29) is 5.91 Å². The van der Waals surface area contributed by atoms with E-state index in [9.17, 15) is 4.79 Å². The molecule has 1 aliphatic heterocycles. The van der Waals surface area contributed by atoms with Gasteiger partial charge in [-0.25, -0.2) is 4.98 Å². The molecule has 0 atom stereocenters. The van der Waals surface area contributed by atoms with Crippen LogP contribution >= 0.6 is 0 Å². The first-order valence-electron chi connectivity index (χ1n) is 8.71. The maximum Gasteiger partial charge on any atom is 0.257 e. The molecular weight excluding hydrogens is 318 g/mol. The van der Waals surface area contributed by atoms with Gasteiger partial charge >= 0.3 is 0 Å². The van der Waals surface area contributed by atoms with E-state index in [1.54, 1.807) is 13.1 Å². The molecule has 25 heavy (non-hydrogen) atoms. The molecule has 7 nitrogen and oxygen atoms in total. The largest absolute Gasteiger partial charge is 0.361 e. The topological polar surface area (TPSA) is 74.5 Å². The second-order valence-electron chi connectivity index (χ2n) is 6.37. The molecule has 1 fully saturated rings. The van der Waals surface area contributed by atoms with Gasteiger partial charge in [0.1, 0.15) is 17.1 Å². The molecule has 0 bridgehead atoms. The Kier molecular flexibility index (Phi) is 5.33. The highest BCUT2D eigenvalue weighted by molar-refractivity contribution is 5.96. The maximum absolute atomic E-state index is 12.6. The van der Waals surface area contributed by atoms with Crippen LogP contribution < -0.4 is 10.2 Å². The molecule has 2 aromatic rings. The van der Waals surface area contributed by atoms with Crippen molar-refractivity contribution in [1.82, 2.24) is 20.4 Å². The van der Waals surface area contributed by atoms with Crippen LogP contribution in [0.4, 0.5) is 5.82 Å². The molecule has 0 unspecified atom stereocenters. The molecule has 3 heterocycles. The monoisotopic (exact) mass is 343 g/mol. The van der Waals surface area contributed by atoms with Crippen molar-refractivity contribution in [3.8, 4) is 0 Å². The molecule has 0 spiro atoms. The van der Waals surface area contributed by atoms with Gasteiger partial charge in [0.2, 0.25) is 0 Å². The van der Waals surface area contributed by atoms with Crippen molar-refractivity contribution in [3.63, 3.8) is 0 Å². The van der Waals surface area contributed by atoms with Crippen molar-refractivity contribution in [2.24, 2.45) is 0 Å². The van der Waals surface area contributed by atoms with E-state index in [4.69, 9.17) is 4.52 Å². The molecule has 1 aliphatic rings. The fourth-order valence-electron chi connectivity index (χ4n) is 3.09. The highest BCUT2D eigenvalue weighted by Crippen LogP contribution is 2.19. The van der Waals surface area contributed by atoms with E-state index < -0.39 is 0 Å². The first kappa shape index (κ1) is 17.4. The van der Waals surface area contributed by atoms with E-state index in [1.807, 2.05) is 19.1 Å². The summed E-state index contributed by atoms with van der Waals surface area (Å²) >= 11 is 0. The zero-order chi connectivity index (χ0) is 17.8. The third-order valence-electron chi connectivity index (χ3n) is 4.61. The molecular formula is C18H25N5O2. The first-order chi connectivity index (χ1) is 12.1. The minimum Gasteiger partial charge on any atom is -0.361 e. The molecule has 1 amide bonds. The average molecular weight is 343 g/mol. The Morgan fingerprint density at radius 1 is 1.32 bits per heavy atom. The van der Waals surface area contributed by atoms with Crippen LogP contribution in [0.1, 0.15) is 34.3 Å². The Morgan fingerprint density at radius 2 is 2.08 bits per heavy atom. The van der Waals surface area contributed by atoms with Crippen LogP contribution in [0.5, 0.6) is 0 Å². The second-order valence-corrected chi connectivity index (χ2v) is 6.37. The summed E-state index contributed by atoms with van der Waals surface area (Å²) in [7, 11) is 2.13. The number of rotatable bonds is 5. The summed E-state index contributed by atoms with van der Waals surface area (Å²) in [6.07, 6.45) is 2.47. The van der Waals surface area contributed by atoms with Crippen LogP contribution in [0.25, 0.3) is 0 Å². The minimum absolute atomic E-state index is 0.149. The second kappa shape index (κ2) is 7.65. The zero-order valence-electron chi connectivity index (χ0n) is 15.1. The normalized spacial score (nSPS) is 15.4. The van der Waals surface area contributed by atoms with Gasteiger partial charge in [0.05, 0.1) is 5.69 Å². The molecule has 0 aliphatic carbocycles. The summed E-state index contributed by atoms with van der Waals surface area (Å²) in [4.78, 5) is 21.7. The van der Waals surface area contributed by atoms with E-state index in [1.165, 1.54) is 0 Å². The SMILES string of the molecule is CCc1noc(C)c1C(=O)NCc1cccnc1N1CCN(C)CC1. The van der Waals surface area contributed by atoms with Gasteiger partial charge in [-0.15, -0.1) is 0 Å². The number of hydrogen-bond donors (Lipinski definition) is 1. The summed E-state index contributed by atoms with van der Waals surface area (Å²) in [5.74, 6) is 1.36. The highest BCUT2D eigenvalue weighted by atomic mass is 16.5. The number of likely N-dealkylation sites (N-methyl/N-ethyl adjacent to an activating group) is 1. The van der Waals surface area contributed by atoms with Gasteiger partial charge in [0, 0.05) is 44.5 Å². The van der Waals surface area contributed by atoms with Gasteiger partial charge in [-0.3, -0.25) is 4.79 Å². The summed E-state index contributed by atoms with van der Waals surface area (Å²) < 4.78 is 5.15. The van der Waals surface area contributed by atoms with Crippen LogP contribution in [0.2, 0.25) is 0 Å². The number of anilines is 1. The third-order valence-corrected chi connectivity index (χ3v) is 4.61. The lowest BCUT2D eigenvalue weighted by Gasteiger charge is -2.34. The molecule has 0 radical (unpaired) electrons. The molecule has 134 valence electrons. The molecule has 0 saturated carbocycles. The van der Waals surface area contributed by atoms with Crippen LogP contribution in [0, 0.1) is 6.92 Å². The minimum atomic E-state index is -0.149. The van der Waals surface area contributed by atoms with Gasteiger partial charge in [-0.05, 0) is 26.5 Å². The van der Waals surface area contributed by atoms with Crippen molar-refractivity contribution >= 4 is 11.7 Å². The number of aromatic nitrogens is 2. The summed E-state index contributed by atoms with van der Waals surface area (Å²) in [5.41, 5.74) is 2.26. The van der Waals surface area contributed by atoms with Crippen molar-refractivity contribution in [3.05, 3.63) is 40.9 Å². The van der Waals surface area contributed by atoms with Crippen molar-refractivity contribution in [1.29, 1.82) is 0 Å². The number of aryl methyl sites for hydroxylation is 2. The number of hydrogen-bond acceptors (Lipinski definition) is 6. The van der Waals surface area contributed by atoms with Gasteiger partial charge in [-0.2, -0.15) is 0 Å². The number of nitrogens with one attached hydrogen (secondary N) is 1. The van der Waals surface area contributed by atoms with Crippen molar-refractivity contribution in [2.45, 2.75) is 26.8 Å². The predicted octanol–water partition coefficient (Wildman–Crippen LogP) is 1.62. The molecule has 2 aromatic heterocycles. The predicted molar refractivity (Wildman–Crippen MR) is 95.7 cm³/mol. The summed E-state index contributed by atoms with van der Waals surface area (Å²) in [6.45, 7) is 8.08. The number of nitrogens with zero attached hydrogens (tertiary/aromatic N) is 4.